The highest BCUT2D eigenvalue weighted by molar-refractivity contribution is 8.00. The lowest BCUT2D eigenvalue weighted by Crippen LogP contribution is -2.70. The largest absolute Gasteiger partial charge is 0.478 e. The van der Waals surface area contributed by atoms with Gasteiger partial charge in [0.2, 0.25) is 6.10 Å². The number of anilines is 1. The minimum atomic E-state index is -1.38. The Balaban J connectivity index is 1.35. The van der Waals surface area contributed by atoms with Crippen molar-refractivity contribution in [2.24, 2.45) is 5.16 Å². The van der Waals surface area contributed by atoms with Gasteiger partial charge in [-0.1, -0.05) is 28.1 Å². The molecular weight excluding hydrogens is 622 g/mol. The molecule has 1 saturated heterocycles. The number of fused-ring (bicyclic) bond motifs is 2. The number of likely N-dealkylation sites (N-methyl/N-ethyl adjacent to an activating group) is 1. The van der Waals surface area contributed by atoms with Crippen LogP contribution in [-0.2, 0) is 37.1 Å². The SMILES string of the molecule is CNCCn1cc2c(ccc[n+]2CC2=C(C=O)N3C(=O)C(NC(=O)/C(=N\O[C@@H](C)C(=O)O)c4nc(N)sc4Cl)C3SC2)n1. The van der Waals surface area contributed by atoms with E-state index in [2.05, 4.69) is 25.9 Å². The summed E-state index contributed by atoms with van der Waals surface area (Å²) in [4.78, 5) is 60.3. The van der Waals surface area contributed by atoms with E-state index in [0.717, 1.165) is 34.5 Å². The number of carbonyl (C=O) groups excluding carboxylic acids is 3. The van der Waals surface area contributed by atoms with Crippen molar-refractivity contribution in [2.75, 3.05) is 25.1 Å². The molecule has 3 aromatic heterocycles. The van der Waals surface area contributed by atoms with Gasteiger partial charge in [0, 0.05) is 23.9 Å². The number of carboxylic acids is 1. The second-order valence-corrected chi connectivity index (χ2v) is 12.3. The van der Waals surface area contributed by atoms with Crippen molar-refractivity contribution in [1.29, 1.82) is 0 Å². The molecule has 2 aliphatic rings. The van der Waals surface area contributed by atoms with Gasteiger partial charge in [-0.3, -0.25) is 24.0 Å². The first kappa shape index (κ1) is 30.4. The van der Waals surface area contributed by atoms with Gasteiger partial charge in [0.15, 0.2) is 35.4 Å². The molecule has 3 atom stereocenters. The summed E-state index contributed by atoms with van der Waals surface area (Å²) in [5.41, 5.74) is 7.84. The lowest BCUT2D eigenvalue weighted by Gasteiger charge is -2.49. The average Bonchev–Trinajstić information content (AvgIpc) is 3.56. The molecule has 0 bridgehead atoms. The molecule has 0 saturated carbocycles. The molecule has 5 N–H and O–H groups in total. The standard InChI is InChI=1S/C25H26ClN9O6S2/c1-12(24(39)40)41-32-18(17-20(26)43-25(27)30-17)21(37)29-19-22(38)35-16(10-36)13(11-42-23(19)35)8-33-6-3-4-14-15(33)9-34(31-14)7-5-28-2/h3-4,6,9-10,12,19,23,28H,5,7-8,11H2,1-2H3,(H3-,27,29,30,37,39,40)/p+1/b32-18-/t12-,19?,23?/m0/s1. The normalized spacial score (nSPS) is 19.2. The number of carboxylic acid groups (broad SMARTS) is 1. The number of aliphatic carboxylic acids is 1. The summed E-state index contributed by atoms with van der Waals surface area (Å²) in [6.45, 7) is 3.04. The summed E-state index contributed by atoms with van der Waals surface area (Å²) in [6.07, 6.45) is 3.11. The summed E-state index contributed by atoms with van der Waals surface area (Å²) in [5.74, 6) is -2.24. The number of β-lactam (4-membered cyclic amide) rings is 1. The maximum atomic E-state index is 13.3. The van der Waals surface area contributed by atoms with Gasteiger partial charge in [0.25, 0.3) is 17.3 Å². The molecule has 2 unspecified atom stereocenters. The van der Waals surface area contributed by atoms with Gasteiger partial charge in [0.05, 0.1) is 18.4 Å². The van der Waals surface area contributed by atoms with Gasteiger partial charge in [-0.05, 0) is 20.0 Å². The Labute approximate surface area is 257 Å². The van der Waals surface area contributed by atoms with Gasteiger partial charge in [0.1, 0.15) is 21.4 Å². The number of nitrogen functional groups attached to an aromatic ring is 1. The summed E-state index contributed by atoms with van der Waals surface area (Å²) in [7, 11) is 1.87. The molecule has 15 nitrogen and oxygen atoms in total. The number of nitrogens with one attached hydrogen (secondary N) is 2. The average molecular weight is 649 g/mol. The van der Waals surface area contributed by atoms with Crippen molar-refractivity contribution in [2.45, 2.75) is 37.5 Å². The maximum absolute atomic E-state index is 13.3. The quantitative estimate of drug-likeness (QED) is 0.0677. The van der Waals surface area contributed by atoms with Crippen LogP contribution in [-0.4, -0.2) is 91.4 Å². The summed E-state index contributed by atoms with van der Waals surface area (Å²) in [5, 5.41) is 22.6. The Morgan fingerprint density at radius 3 is 2.91 bits per heavy atom. The summed E-state index contributed by atoms with van der Waals surface area (Å²) >= 11 is 8.46. The van der Waals surface area contributed by atoms with Gasteiger partial charge < -0.3 is 26.3 Å². The second kappa shape index (κ2) is 12.7. The van der Waals surface area contributed by atoms with E-state index in [1.807, 2.05) is 40.8 Å². The smallest absolute Gasteiger partial charge is 0.347 e. The Hall–Kier alpha value is -4.06. The molecule has 5 rings (SSSR count). The van der Waals surface area contributed by atoms with Crippen LogP contribution in [0, 0.1) is 0 Å². The fourth-order valence-electron chi connectivity index (χ4n) is 4.53. The lowest BCUT2D eigenvalue weighted by atomic mass is 10.0. The molecule has 1 fully saturated rings. The van der Waals surface area contributed by atoms with Crippen molar-refractivity contribution in [3.63, 3.8) is 0 Å². The molecule has 2 aliphatic heterocycles. The monoisotopic (exact) mass is 648 g/mol. The van der Waals surface area contributed by atoms with Gasteiger partial charge in [-0.25, -0.2) is 9.78 Å². The molecule has 18 heteroatoms. The molecule has 43 heavy (non-hydrogen) atoms. The first-order chi connectivity index (χ1) is 20.6. The number of nitrogens with zero attached hydrogens (tertiary/aromatic N) is 6. The third-order valence-electron chi connectivity index (χ3n) is 6.73. The Morgan fingerprint density at radius 2 is 2.23 bits per heavy atom. The van der Waals surface area contributed by atoms with E-state index in [1.165, 1.54) is 23.6 Å². The van der Waals surface area contributed by atoms with Gasteiger partial charge in [-0.2, -0.15) is 9.67 Å². The van der Waals surface area contributed by atoms with Crippen LogP contribution >= 0.6 is 34.7 Å². The highest BCUT2D eigenvalue weighted by Gasteiger charge is 2.53. The fraction of sp³-hybridized carbons (Fsp3) is 0.360. The number of aromatic nitrogens is 4. The van der Waals surface area contributed by atoms with E-state index < -0.39 is 41.0 Å². The number of pyridine rings is 1. The predicted molar refractivity (Wildman–Crippen MR) is 158 cm³/mol. The molecule has 2 amide bonds. The topological polar surface area (TPSA) is 198 Å². The number of carbonyl (C=O) groups is 4. The first-order valence-corrected chi connectivity index (χ1v) is 15.2. The number of thioether (sulfide) groups is 1. The van der Waals surface area contributed by atoms with Crippen LogP contribution in [0.25, 0.3) is 11.0 Å². The van der Waals surface area contributed by atoms with Crippen molar-refractivity contribution in [1.82, 2.24) is 30.3 Å². The zero-order valence-electron chi connectivity index (χ0n) is 22.9. The number of allylic oxidation sites excluding steroid dienone is 1. The zero-order valence-corrected chi connectivity index (χ0v) is 25.3. The van der Waals surface area contributed by atoms with Gasteiger partial charge in [-0.15, -0.1) is 11.8 Å². The molecular formula is C25H27ClN9O6S2+. The number of oxime groups is 1. The molecule has 3 aromatic rings. The van der Waals surface area contributed by atoms with E-state index in [1.54, 1.807) is 0 Å². The van der Waals surface area contributed by atoms with Crippen LogP contribution in [0.5, 0.6) is 0 Å². The van der Waals surface area contributed by atoms with Gasteiger partial charge >= 0.3 is 5.97 Å². The number of hydrogen-bond donors (Lipinski definition) is 4. The van der Waals surface area contributed by atoms with Crippen LogP contribution in [0.4, 0.5) is 5.13 Å². The number of aldehydes is 1. The lowest BCUT2D eigenvalue weighted by molar-refractivity contribution is -0.663. The minimum Gasteiger partial charge on any atom is -0.478 e. The van der Waals surface area contributed by atoms with Crippen LogP contribution in [0.1, 0.15) is 12.6 Å². The number of nitrogens with two attached hydrogens (primary N) is 1. The number of halogens is 1. The number of rotatable bonds is 12. The van der Waals surface area contributed by atoms with E-state index >= 15 is 0 Å². The van der Waals surface area contributed by atoms with Crippen LogP contribution < -0.4 is 20.9 Å². The Morgan fingerprint density at radius 1 is 1.44 bits per heavy atom. The molecule has 0 aromatic carbocycles. The van der Waals surface area contributed by atoms with Crippen molar-refractivity contribution in [3.05, 3.63) is 45.8 Å². The highest BCUT2D eigenvalue weighted by Crippen LogP contribution is 2.40. The fourth-order valence-corrected chi connectivity index (χ4v) is 6.81. The van der Waals surface area contributed by atoms with E-state index in [-0.39, 0.29) is 20.9 Å². The van der Waals surface area contributed by atoms with E-state index in [4.69, 9.17) is 27.3 Å². The molecule has 0 radical (unpaired) electrons. The number of amides is 2. The zero-order chi connectivity index (χ0) is 30.8. The summed E-state index contributed by atoms with van der Waals surface area (Å²) < 4.78 is 3.86. The van der Waals surface area contributed by atoms with Crippen molar-refractivity contribution >= 4 is 80.6 Å². The number of hydrogen-bond acceptors (Lipinski definition) is 12. The molecule has 226 valence electrons. The number of thiazole rings is 1. The van der Waals surface area contributed by atoms with Crippen molar-refractivity contribution < 1.29 is 33.7 Å². The minimum absolute atomic E-state index is 0.0301. The first-order valence-electron chi connectivity index (χ1n) is 12.9. The van der Waals surface area contributed by atoms with Crippen molar-refractivity contribution in [3.8, 4) is 0 Å². The Kier molecular flexibility index (Phi) is 8.95. The highest BCUT2D eigenvalue weighted by atomic mass is 35.5. The predicted octanol–water partition coefficient (Wildman–Crippen LogP) is -0.0178. The Bertz CT molecular complexity index is 1670. The van der Waals surface area contributed by atoms with E-state index in [0.29, 0.717) is 25.1 Å². The van der Waals surface area contributed by atoms with Crippen LogP contribution in [0.2, 0.25) is 4.34 Å². The molecule has 0 spiro atoms. The molecule has 5 heterocycles. The van der Waals surface area contributed by atoms with Crippen LogP contribution in [0.15, 0.2) is 41.0 Å². The maximum Gasteiger partial charge on any atom is 0.347 e. The van der Waals surface area contributed by atoms with Crippen LogP contribution in [0.3, 0.4) is 0 Å². The van der Waals surface area contributed by atoms with E-state index in [9.17, 15) is 19.2 Å². The summed E-state index contributed by atoms with van der Waals surface area (Å²) in [6, 6.07) is 2.79. The second-order valence-electron chi connectivity index (χ2n) is 9.57. The molecule has 0 aliphatic carbocycles. The third kappa shape index (κ3) is 6.06. The third-order valence-corrected chi connectivity index (χ3v) is 9.16.